The first-order valence-electron chi connectivity index (χ1n) is 5.55. The fourth-order valence-electron chi connectivity index (χ4n) is 1.78. The van der Waals surface area contributed by atoms with Crippen LogP contribution in [0.2, 0.25) is 0 Å². The van der Waals surface area contributed by atoms with E-state index in [-0.39, 0.29) is 12.5 Å². The van der Waals surface area contributed by atoms with Crippen molar-refractivity contribution in [3.8, 4) is 5.75 Å². The fourth-order valence-corrected chi connectivity index (χ4v) is 1.78. The van der Waals surface area contributed by atoms with Gasteiger partial charge in [0, 0.05) is 6.04 Å². The molecule has 1 rings (SSSR count). The number of carboxylic acid groups (broad SMARTS) is 1. The van der Waals surface area contributed by atoms with Crippen LogP contribution in [0.25, 0.3) is 0 Å². The van der Waals surface area contributed by atoms with E-state index in [1.165, 1.54) is 0 Å². The Morgan fingerprint density at radius 2 is 2.00 bits per heavy atom. The number of benzene rings is 1. The average molecular weight is 237 g/mol. The third-order valence-corrected chi connectivity index (χ3v) is 2.82. The van der Waals surface area contributed by atoms with Gasteiger partial charge in [-0.3, -0.25) is 4.79 Å². The summed E-state index contributed by atoms with van der Waals surface area (Å²) in [6.07, 6.45) is 0.479. The van der Waals surface area contributed by atoms with Crippen molar-refractivity contribution in [2.24, 2.45) is 5.73 Å². The minimum atomic E-state index is -0.875. The lowest BCUT2D eigenvalue weighted by Gasteiger charge is -2.14. The van der Waals surface area contributed by atoms with Crippen LogP contribution >= 0.6 is 0 Å². The summed E-state index contributed by atoms with van der Waals surface area (Å²) in [6.45, 7) is 4.03. The summed E-state index contributed by atoms with van der Waals surface area (Å²) < 4.78 is 5.28. The molecule has 4 heteroatoms. The van der Waals surface area contributed by atoms with Gasteiger partial charge in [-0.2, -0.15) is 0 Å². The number of aliphatic carboxylic acids is 1. The molecule has 17 heavy (non-hydrogen) atoms. The summed E-state index contributed by atoms with van der Waals surface area (Å²) in [6, 6.07) is 3.58. The SMILES string of the molecule is COc1cc(C)c(C)cc1CC(N)CC(=O)O. The predicted octanol–water partition coefficient (Wildman–Crippen LogP) is 1.66. The van der Waals surface area contributed by atoms with E-state index >= 15 is 0 Å². The highest BCUT2D eigenvalue weighted by atomic mass is 16.5. The van der Waals surface area contributed by atoms with E-state index in [9.17, 15) is 4.79 Å². The molecule has 1 aromatic carbocycles. The minimum Gasteiger partial charge on any atom is -0.496 e. The lowest BCUT2D eigenvalue weighted by atomic mass is 9.98. The normalized spacial score (nSPS) is 12.2. The van der Waals surface area contributed by atoms with E-state index in [4.69, 9.17) is 15.6 Å². The van der Waals surface area contributed by atoms with Crippen LogP contribution in [0.1, 0.15) is 23.1 Å². The molecule has 0 aliphatic heterocycles. The van der Waals surface area contributed by atoms with Gasteiger partial charge in [-0.05, 0) is 43.0 Å². The summed E-state index contributed by atoms with van der Waals surface area (Å²) in [5.74, 6) is -0.103. The van der Waals surface area contributed by atoms with Gasteiger partial charge in [0.05, 0.1) is 13.5 Å². The molecule has 0 aromatic heterocycles. The van der Waals surface area contributed by atoms with E-state index in [2.05, 4.69) is 0 Å². The number of hydrogen-bond acceptors (Lipinski definition) is 3. The maximum absolute atomic E-state index is 10.6. The molecule has 0 saturated carbocycles. The summed E-state index contributed by atoms with van der Waals surface area (Å²) in [5, 5.41) is 8.68. The number of carboxylic acids is 1. The maximum Gasteiger partial charge on any atom is 0.304 e. The number of carbonyl (C=O) groups is 1. The second-order valence-electron chi connectivity index (χ2n) is 4.31. The molecule has 4 nitrogen and oxygen atoms in total. The Morgan fingerprint density at radius 1 is 1.41 bits per heavy atom. The highest BCUT2D eigenvalue weighted by molar-refractivity contribution is 5.67. The first kappa shape index (κ1) is 13.5. The third-order valence-electron chi connectivity index (χ3n) is 2.82. The Morgan fingerprint density at radius 3 is 2.53 bits per heavy atom. The molecule has 0 aliphatic carbocycles. The lowest BCUT2D eigenvalue weighted by Crippen LogP contribution is -2.26. The van der Waals surface area contributed by atoms with Gasteiger partial charge in [-0.25, -0.2) is 0 Å². The molecule has 1 unspecified atom stereocenters. The van der Waals surface area contributed by atoms with Gasteiger partial charge in [0.1, 0.15) is 5.75 Å². The van der Waals surface area contributed by atoms with E-state index in [1.807, 2.05) is 26.0 Å². The Balaban J connectivity index is 2.89. The Hall–Kier alpha value is -1.55. The second kappa shape index (κ2) is 5.68. The van der Waals surface area contributed by atoms with Crippen molar-refractivity contribution in [2.75, 3.05) is 7.11 Å². The molecule has 1 atom stereocenters. The van der Waals surface area contributed by atoms with Gasteiger partial charge >= 0.3 is 5.97 Å². The molecular weight excluding hydrogens is 218 g/mol. The number of hydrogen-bond donors (Lipinski definition) is 2. The zero-order chi connectivity index (χ0) is 13.0. The number of nitrogens with two attached hydrogens (primary N) is 1. The van der Waals surface area contributed by atoms with Crippen molar-refractivity contribution in [1.29, 1.82) is 0 Å². The summed E-state index contributed by atoms with van der Waals surface area (Å²) in [5.41, 5.74) is 9.05. The largest absolute Gasteiger partial charge is 0.496 e. The Bertz CT molecular complexity index is 415. The molecule has 0 saturated heterocycles. The van der Waals surface area contributed by atoms with E-state index in [0.717, 1.165) is 22.4 Å². The average Bonchev–Trinajstić information content (AvgIpc) is 2.21. The molecule has 0 spiro atoms. The van der Waals surface area contributed by atoms with Crippen LogP contribution in [-0.2, 0) is 11.2 Å². The number of rotatable bonds is 5. The lowest BCUT2D eigenvalue weighted by molar-refractivity contribution is -0.137. The zero-order valence-electron chi connectivity index (χ0n) is 10.5. The van der Waals surface area contributed by atoms with Crippen molar-refractivity contribution in [3.05, 3.63) is 28.8 Å². The molecule has 94 valence electrons. The van der Waals surface area contributed by atoms with E-state index in [0.29, 0.717) is 6.42 Å². The highest BCUT2D eigenvalue weighted by Gasteiger charge is 2.13. The summed E-state index contributed by atoms with van der Waals surface area (Å²) in [7, 11) is 1.61. The van der Waals surface area contributed by atoms with Crippen molar-refractivity contribution < 1.29 is 14.6 Å². The van der Waals surface area contributed by atoms with Gasteiger partial charge in [-0.1, -0.05) is 6.07 Å². The van der Waals surface area contributed by atoms with Crippen LogP contribution in [0.4, 0.5) is 0 Å². The van der Waals surface area contributed by atoms with Crippen molar-refractivity contribution in [2.45, 2.75) is 32.7 Å². The van der Waals surface area contributed by atoms with Gasteiger partial charge in [0.2, 0.25) is 0 Å². The second-order valence-corrected chi connectivity index (χ2v) is 4.31. The van der Waals surface area contributed by atoms with Crippen molar-refractivity contribution in [1.82, 2.24) is 0 Å². The molecule has 0 heterocycles. The first-order valence-corrected chi connectivity index (χ1v) is 5.55. The molecule has 0 radical (unpaired) electrons. The number of ether oxygens (including phenoxy) is 1. The molecule has 0 fully saturated rings. The quantitative estimate of drug-likeness (QED) is 0.816. The highest BCUT2D eigenvalue weighted by Crippen LogP contribution is 2.24. The summed E-state index contributed by atoms with van der Waals surface area (Å²) in [4.78, 5) is 10.6. The number of methoxy groups -OCH3 is 1. The Kier molecular flexibility index (Phi) is 4.52. The zero-order valence-corrected chi connectivity index (χ0v) is 10.5. The molecule has 1 aromatic rings. The van der Waals surface area contributed by atoms with Crippen LogP contribution in [0.5, 0.6) is 5.75 Å². The molecule has 0 aliphatic rings. The van der Waals surface area contributed by atoms with Gasteiger partial charge in [0.25, 0.3) is 0 Å². The van der Waals surface area contributed by atoms with Crippen molar-refractivity contribution >= 4 is 5.97 Å². The van der Waals surface area contributed by atoms with Crippen LogP contribution in [-0.4, -0.2) is 24.2 Å². The number of aryl methyl sites for hydroxylation is 2. The predicted molar refractivity (Wildman–Crippen MR) is 66.4 cm³/mol. The molecule has 3 N–H and O–H groups in total. The van der Waals surface area contributed by atoms with E-state index in [1.54, 1.807) is 7.11 Å². The molecular formula is C13H19NO3. The van der Waals surface area contributed by atoms with Crippen LogP contribution in [0.15, 0.2) is 12.1 Å². The first-order chi connectivity index (χ1) is 7.93. The topological polar surface area (TPSA) is 72.5 Å². The minimum absolute atomic E-state index is 0.0317. The monoisotopic (exact) mass is 237 g/mol. The maximum atomic E-state index is 10.6. The standard InChI is InChI=1S/C13H19NO3/c1-8-4-10(6-11(14)7-13(15)16)12(17-3)5-9(8)2/h4-5,11H,6-7,14H2,1-3H3,(H,15,16). The van der Waals surface area contributed by atoms with Crippen LogP contribution in [0, 0.1) is 13.8 Å². The smallest absolute Gasteiger partial charge is 0.304 e. The van der Waals surface area contributed by atoms with Gasteiger partial charge in [0.15, 0.2) is 0 Å². The van der Waals surface area contributed by atoms with E-state index < -0.39 is 5.97 Å². The van der Waals surface area contributed by atoms with Crippen LogP contribution < -0.4 is 10.5 Å². The molecule has 0 bridgehead atoms. The summed E-state index contributed by atoms with van der Waals surface area (Å²) >= 11 is 0. The van der Waals surface area contributed by atoms with Gasteiger partial charge in [-0.15, -0.1) is 0 Å². The molecule has 0 amide bonds. The van der Waals surface area contributed by atoms with Gasteiger partial charge < -0.3 is 15.6 Å². The third kappa shape index (κ3) is 3.75. The fraction of sp³-hybridized carbons (Fsp3) is 0.462. The Labute approximate surface area is 101 Å². The van der Waals surface area contributed by atoms with Crippen molar-refractivity contribution in [3.63, 3.8) is 0 Å². The van der Waals surface area contributed by atoms with Crippen LogP contribution in [0.3, 0.4) is 0 Å².